The second kappa shape index (κ2) is 25.4. The van der Waals surface area contributed by atoms with Crippen LogP contribution in [0.15, 0.2) is 72.8 Å². The number of anilines is 1. The van der Waals surface area contributed by atoms with E-state index >= 15 is 0 Å². The van der Waals surface area contributed by atoms with E-state index in [1.165, 1.54) is 39.9 Å². The lowest BCUT2D eigenvalue weighted by molar-refractivity contribution is -0.120. The normalized spacial score (nSPS) is 16.5. The third-order valence-corrected chi connectivity index (χ3v) is 14.8. The summed E-state index contributed by atoms with van der Waals surface area (Å²) in [4.78, 5) is 83.2. The fourth-order valence-electron chi connectivity index (χ4n) is 7.55. The van der Waals surface area contributed by atoms with E-state index in [1.807, 2.05) is 52.0 Å². The van der Waals surface area contributed by atoms with E-state index in [0.717, 1.165) is 26.7 Å². The Kier molecular flexibility index (Phi) is 19.5. The van der Waals surface area contributed by atoms with Crippen molar-refractivity contribution in [3.05, 3.63) is 113 Å². The Bertz CT molecular complexity index is 3130. The molecule has 0 saturated carbocycles. The van der Waals surface area contributed by atoms with Gasteiger partial charge in [-0.1, -0.05) is 38.5 Å². The molecule has 71 heavy (non-hydrogen) atoms. The van der Waals surface area contributed by atoms with E-state index in [1.54, 1.807) is 15.5 Å². The molecule has 0 radical (unpaired) electrons. The van der Waals surface area contributed by atoms with Crippen LogP contribution in [0.25, 0.3) is 43.9 Å². The molecule has 1 aliphatic carbocycles. The Labute approximate surface area is 416 Å². The monoisotopic (exact) mass is 1050 g/mol. The summed E-state index contributed by atoms with van der Waals surface area (Å²) >= 11 is 0. The molecule has 0 bridgehead atoms. The van der Waals surface area contributed by atoms with Crippen molar-refractivity contribution in [3.8, 4) is 34.3 Å². The third-order valence-electron chi connectivity index (χ3n) is 10.8. The number of ether oxygens (including phenoxy) is 2. The fourth-order valence-corrected chi connectivity index (χ4v) is 10.0. The molecule has 22 nitrogen and oxygen atoms in total. The molecule has 3 aromatic rings. The van der Waals surface area contributed by atoms with Gasteiger partial charge in [-0.05, 0) is 80.2 Å². The highest BCUT2D eigenvalue weighted by Crippen LogP contribution is 2.47. The minimum Gasteiger partial charge on any atom is -0.478 e. The van der Waals surface area contributed by atoms with Gasteiger partial charge in [0.05, 0.1) is 30.2 Å². The summed E-state index contributed by atoms with van der Waals surface area (Å²) in [6, 6.07) is 12.2. The molecule has 2 amide bonds. The molecule has 2 unspecified atom stereocenters. The van der Waals surface area contributed by atoms with Crippen molar-refractivity contribution in [1.82, 2.24) is 20.2 Å². The lowest BCUT2D eigenvalue weighted by Gasteiger charge is -2.20. The zero-order valence-corrected chi connectivity index (χ0v) is 42.6. The average Bonchev–Trinajstić information content (AvgIpc) is 3.74. The molecule has 376 valence electrons. The van der Waals surface area contributed by atoms with E-state index in [4.69, 9.17) is 23.9 Å². The Morgan fingerprint density at radius 2 is 1.87 bits per heavy atom. The molecule has 1 saturated heterocycles. The second-order valence-corrected chi connectivity index (χ2v) is 20.3. The second-order valence-electron chi connectivity index (χ2n) is 15.6. The standard InChI is InChI=1S/C45H51N9O13P2S2/c1-5-47-33-19-35-31(16-25(33)3)41(32-17-26(4)34(48-6-2)20-36(32)65-35)30-18-27(9-10-29(30)44(58)59)42(56)50-13-15-71-70-14-11-39(55)49-12-7-8-28-22-54(45(60)52-43(28)57)40-21-37(63-24-51-53-46)38(66-40)23-64-69(61,62)67-68/h9-10,16-20,22,37-38,40,47H,5-6,11-15,21,23-24,68H2,1-4H3,(H,49,55)(H,50,56)(H,58,59)(H,61,62)(H,52,57,60)/b48-34-/t37-,38+,40+/m0/s1. The topological polar surface area (TPSA) is 311 Å². The molecule has 5 atom stereocenters. The van der Waals surface area contributed by atoms with Crippen LogP contribution in [-0.2, 0) is 27.7 Å². The molecule has 3 heterocycles. The number of carboxylic acid groups (broad SMARTS) is 1. The van der Waals surface area contributed by atoms with Crippen LogP contribution in [-0.4, -0.2) is 101 Å². The lowest BCUT2D eigenvalue weighted by atomic mass is 9.88. The van der Waals surface area contributed by atoms with Crippen molar-refractivity contribution in [2.24, 2.45) is 10.1 Å². The van der Waals surface area contributed by atoms with Crippen LogP contribution in [0.4, 0.5) is 5.69 Å². The Balaban J connectivity index is 1.02. The molecule has 2 aliphatic heterocycles. The van der Waals surface area contributed by atoms with Gasteiger partial charge >= 0.3 is 19.5 Å². The summed E-state index contributed by atoms with van der Waals surface area (Å²) in [5.74, 6) is 4.96. The zero-order valence-electron chi connectivity index (χ0n) is 38.9. The van der Waals surface area contributed by atoms with Crippen LogP contribution in [0.3, 0.4) is 0 Å². The smallest absolute Gasteiger partial charge is 0.474 e. The number of phosphoric acid groups is 1. The number of nitrogens with zero attached hydrogens (tertiary/aromatic N) is 5. The number of azide groups is 1. The van der Waals surface area contributed by atoms with Gasteiger partial charge in [0.1, 0.15) is 36.0 Å². The van der Waals surface area contributed by atoms with Crippen molar-refractivity contribution >= 4 is 73.3 Å². The van der Waals surface area contributed by atoms with Gasteiger partial charge in [-0.25, -0.2) is 14.2 Å². The molecule has 1 aromatic heterocycles. The van der Waals surface area contributed by atoms with Crippen molar-refractivity contribution in [2.75, 3.05) is 56.3 Å². The minimum atomic E-state index is -4.42. The number of H-pyrrole nitrogens is 1. The van der Waals surface area contributed by atoms with Gasteiger partial charge in [0.25, 0.3) is 11.5 Å². The van der Waals surface area contributed by atoms with E-state index in [-0.39, 0.29) is 47.9 Å². The number of carbonyl (C=O) groups excluding carboxylic acids is 2. The maximum Gasteiger partial charge on any atom is 0.474 e. The molecule has 1 fully saturated rings. The number of aromatic amines is 1. The predicted molar refractivity (Wildman–Crippen MR) is 272 cm³/mol. The van der Waals surface area contributed by atoms with Crippen LogP contribution < -0.4 is 32.6 Å². The first-order chi connectivity index (χ1) is 34.1. The Morgan fingerprint density at radius 3 is 2.61 bits per heavy atom. The highest BCUT2D eigenvalue weighted by atomic mass is 33.1. The van der Waals surface area contributed by atoms with Crippen LogP contribution in [0.2, 0.25) is 0 Å². The Hall–Kier alpha value is -5.95. The van der Waals surface area contributed by atoms with Gasteiger partial charge in [-0.2, -0.15) is 0 Å². The van der Waals surface area contributed by atoms with Gasteiger partial charge in [0.2, 0.25) is 5.91 Å². The predicted octanol–water partition coefficient (Wildman–Crippen LogP) is 6.26. The average molecular weight is 1050 g/mol. The number of fused-ring (bicyclic) bond motifs is 2. The maximum atomic E-state index is 13.5. The van der Waals surface area contributed by atoms with Crippen molar-refractivity contribution in [3.63, 3.8) is 0 Å². The summed E-state index contributed by atoms with van der Waals surface area (Å²) in [6.45, 7) is 8.39. The van der Waals surface area contributed by atoms with Gasteiger partial charge in [-0.3, -0.25) is 37.8 Å². The molecule has 6 rings (SSSR count). The van der Waals surface area contributed by atoms with Gasteiger partial charge in [0.15, 0.2) is 0 Å². The third kappa shape index (κ3) is 14.1. The van der Waals surface area contributed by atoms with E-state index in [0.29, 0.717) is 64.6 Å². The number of rotatable bonds is 22. The van der Waals surface area contributed by atoms with E-state index in [9.17, 15) is 38.5 Å². The lowest BCUT2D eigenvalue weighted by Crippen LogP contribution is -2.34. The van der Waals surface area contributed by atoms with Crippen LogP contribution in [0.1, 0.15) is 70.3 Å². The largest absolute Gasteiger partial charge is 0.478 e. The molecular weight excluding hydrogens is 1000 g/mol. The highest BCUT2D eigenvalue weighted by Gasteiger charge is 2.39. The number of aromatic nitrogens is 2. The fraction of sp³-hybridized carbons (Fsp3) is 0.378. The number of carboxylic acids is 1. The summed E-state index contributed by atoms with van der Waals surface area (Å²) in [5, 5.41) is 24.1. The summed E-state index contributed by atoms with van der Waals surface area (Å²) < 4.78 is 39.9. The summed E-state index contributed by atoms with van der Waals surface area (Å²) in [7, 11) is 0.0762. The summed E-state index contributed by atoms with van der Waals surface area (Å²) in [6.07, 6.45) is -1.58. The molecular formula is C45H51N9O13P2S2. The van der Waals surface area contributed by atoms with Crippen molar-refractivity contribution in [1.29, 1.82) is 0 Å². The van der Waals surface area contributed by atoms with E-state index < -0.39 is 56.8 Å². The minimum absolute atomic E-state index is 0.00373. The van der Waals surface area contributed by atoms with Gasteiger partial charge in [0, 0.05) is 104 Å². The van der Waals surface area contributed by atoms with Crippen molar-refractivity contribution < 1.29 is 51.7 Å². The maximum absolute atomic E-state index is 13.5. The molecule has 3 aliphatic rings. The molecule has 26 heteroatoms. The number of nitrogens with one attached hydrogen (secondary N) is 4. The highest BCUT2D eigenvalue weighted by molar-refractivity contribution is 8.76. The van der Waals surface area contributed by atoms with Gasteiger partial charge in [-0.15, -0.1) is 0 Å². The first kappa shape index (κ1) is 54.4. The zero-order chi connectivity index (χ0) is 51.2. The first-order valence-electron chi connectivity index (χ1n) is 22.0. The van der Waals surface area contributed by atoms with Gasteiger partial charge < -0.3 is 39.8 Å². The molecule has 6 N–H and O–H groups in total. The van der Waals surface area contributed by atoms with Crippen LogP contribution >= 0.6 is 38.9 Å². The van der Waals surface area contributed by atoms with E-state index in [2.05, 4.69) is 52.1 Å². The number of aromatic carboxylic acids is 1. The molecule has 0 spiro atoms. The first-order valence-corrected chi connectivity index (χ1v) is 26.4. The van der Waals surface area contributed by atoms with Crippen LogP contribution in [0, 0.1) is 25.7 Å². The van der Waals surface area contributed by atoms with Crippen molar-refractivity contribution in [2.45, 2.75) is 59.0 Å². The summed E-state index contributed by atoms with van der Waals surface area (Å²) in [5.41, 5.74) is 12.1. The van der Waals surface area contributed by atoms with Crippen LogP contribution in [0.5, 0.6) is 0 Å². The number of aryl methyl sites for hydroxylation is 2. The number of phosphoric ester groups is 1. The number of carbonyl (C=O) groups is 3. The number of benzene rings is 3. The quantitative estimate of drug-likeness (QED) is 0.00652. The number of amides is 2. The SMILES string of the molecule is CC/N=c1/cc2oc3cc(NCC)c(C)cc3c(-c3cc(C(=O)NCCSSCCC(=O)NCC#Cc4cn([C@H]5C[C@H](OCN=[N+]=[N-])[C@@H](COP(=O)(O)OP)O5)c(=O)[nH]c4=O)ccc3C(=O)O)c-2cc1C. The molecule has 2 aromatic carbocycles. The Morgan fingerprint density at radius 1 is 1.08 bits per heavy atom. The number of hydrogen-bond acceptors (Lipinski definition) is 16. The number of hydrogen-bond donors (Lipinski definition) is 6.